The molecule has 25 heavy (non-hydrogen) atoms. The van der Waals surface area contributed by atoms with Crippen LogP contribution in [-0.2, 0) is 4.79 Å². The lowest BCUT2D eigenvalue weighted by Crippen LogP contribution is -2.46. The monoisotopic (exact) mass is 345 g/mol. The molecule has 2 atom stereocenters. The van der Waals surface area contributed by atoms with Crippen molar-refractivity contribution in [1.29, 1.82) is 0 Å². The van der Waals surface area contributed by atoms with Gasteiger partial charge in [0.15, 0.2) is 0 Å². The van der Waals surface area contributed by atoms with Gasteiger partial charge in [0.05, 0.1) is 12.1 Å². The summed E-state index contributed by atoms with van der Waals surface area (Å²) in [6.45, 7) is 5.57. The molecule has 1 aromatic carbocycles. The fraction of sp³-hybridized carbons (Fsp3) is 0.650. The minimum absolute atomic E-state index is 0.112. The number of likely N-dealkylation sites (tertiary alicyclic amines) is 1. The number of nitrogens with zero attached hydrogens (tertiary/aromatic N) is 1. The zero-order valence-corrected chi connectivity index (χ0v) is 15.2. The Morgan fingerprint density at radius 2 is 1.88 bits per heavy atom. The van der Waals surface area contributed by atoms with Gasteiger partial charge >= 0.3 is 0 Å². The Morgan fingerprint density at radius 3 is 2.52 bits per heavy atom. The van der Waals surface area contributed by atoms with Crippen LogP contribution >= 0.6 is 0 Å². The highest BCUT2D eigenvalue weighted by Crippen LogP contribution is 2.21. The van der Waals surface area contributed by atoms with Crippen LogP contribution in [0, 0.1) is 5.92 Å². The van der Waals surface area contributed by atoms with Crippen molar-refractivity contribution < 1.29 is 9.90 Å². The predicted octanol–water partition coefficient (Wildman–Crippen LogP) is 1.69. The van der Waals surface area contributed by atoms with Crippen molar-refractivity contribution in [2.45, 2.75) is 50.8 Å². The first kappa shape index (κ1) is 18.4. The number of carbonyl (C=O) groups is 1. The van der Waals surface area contributed by atoms with Crippen molar-refractivity contribution in [3.63, 3.8) is 0 Å². The van der Waals surface area contributed by atoms with Crippen molar-refractivity contribution in [3.8, 4) is 0 Å². The second-order valence-electron chi connectivity index (χ2n) is 7.58. The van der Waals surface area contributed by atoms with E-state index in [-0.39, 0.29) is 11.9 Å². The van der Waals surface area contributed by atoms with Crippen molar-refractivity contribution in [1.82, 2.24) is 15.5 Å². The normalized spacial score (nSPS) is 21.7. The molecule has 3 rings (SSSR count). The van der Waals surface area contributed by atoms with Crippen LogP contribution in [0.5, 0.6) is 0 Å². The third-order valence-corrected chi connectivity index (χ3v) is 5.35. The van der Waals surface area contributed by atoms with Crippen LogP contribution in [0.2, 0.25) is 0 Å². The van der Waals surface area contributed by atoms with Gasteiger partial charge in [-0.15, -0.1) is 0 Å². The zero-order chi connectivity index (χ0) is 17.6. The highest BCUT2D eigenvalue weighted by molar-refractivity contribution is 5.81. The summed E-state index contributed by atoms with van der Waals surface area (Å²) in [7, 11) is 0. The number of carbonyl (C=O) groups excluding carboxylic acids is 1. The molecule has 2 aliphatic rings. The molecule has 1 saturated carbocycles. The maximum Gasteiger partial charge on any atom is 0.237 e. The maximum absolute atomic E-state index is 12.0. The number of aliphatic hydroxyl groups excluding tert-OH is 1. The average molecular weight is 345 g/mol. The lowest BCUT2D eigenvalue weighted by molar-refractivity contribution is -0.122. The summed E-state index contributed by atoms with van der Waals surface area (Å²) in [5, 5.41) is 16.8. The van der Waals surface area contributed by atoms with Gasteiger partial charge in [-0.25, -0.2) is 0 Å². The molecule has 1 amide bonds. The summed E-state index contributed by atoms with van der Waals surface area (Å²) in [4.78, 5) is 14.3. The number of β-amino-alcohol motifs (C(OH)–C–C–N with tert-alkyl or cyclic N) is 1. The van der Waals surface area contributed by atoms with Crippen LogP contribution < -0.4 is 10.6 Å². The lowest BCUT2D eigenvalue weighted by Gasteiger charge is -2.33. The summed E-state index contributed by atoms with van der Waals surface area (Å²) in [5.41, 5.74) is 0.988. The largest absolute Gasteiger partial charge is 0.387 e. The van der Waals surface area contributed by atoms with Gasteiger partial charge in [-0.3, -0.25) is 4.79 Å². The molecular weight excluding hydrogens is 314 g/mol. The van der Waals surface area contributed by atoms with E-state index in [4.69, 9.17) is 0 Å². The molecule has 138 valence electrons. The van der Waals surface area contributed by atoms with E-state index in [0.717, 1.165) is 50.9 Å². The molecule has 2 fully saturated rings. The Kier molecular flexibility index (Phi) is 6.45. The van der Waals surface area contributed by atoms with Crippen molar-refractivity contribution in [2.24, 2.45) is 5.92 Å². The van der Waals surface area contributed by atoms with E-state index in [9.17, 15) is 9.90 Å². The molecule has 5 nitrogen and oxygen atoms in total. The quantitative estimate of drug-likeness (QED) is 0.671. The molecule has 1 aromatic rings. The van der Waals surface area contributed by atoms with Crippen LogP contribution in [0.1, 0.15) is 44.3 Å². The van der Waals surface area contributed by atoms with Crippen LogP contribution in [0.25, 0.3) is 0 Å². The average Bonchev–Trinajstić information content (AvgIpc) is 3.45. The van der Waals surface area contributed by atoms with Gasteiger partial charge in [0.2, 0.25) is 5.91 Å². The molecule has 1 heterocycles. The Balaban J connectivity index is 1.33. The van der Waals surface area contributed by atoms with Gasteiger partial charge in [-0.1, -0.05) is 30.3 Å². The van der Waals surface area contributed by atoms with Gasteiger partial charge in [0.1, 0.15) is 0 Å². The number of nitrogens with one attached hydrogen (secondary N) is 2. The van der Waals surface area contributed by atoms with Gasteiger partial charge < -0.3 is 20.6 Å². The van der Waals surface area contributed by atoms with Gasteiger partial charge in [0.25, 0.3) is 0 Å². The van der Waals surface area contributed by atoms with Gasteiger partial charge in [-0.05, 0) is 63.7 Å². The van der Waals surface area contributed by atoms with E-state index in [1.807, 2.05) is 37.3 Å². The molecule has 1 aliphatic heterocycles. The molecule has 0 unspecified atom stereocenters. The molecule has 0 bridgehead atoms. The molecule has 1 aliphatic carbocycles. The fourth-order valence-corrected chi connectivity index (χ4v) is 3.39. The minimum Gasteiger partial charge on any atom is -0.387 e. The molecule has 1 saturated heterocycles. The molecule has 0 spiro atoms. The van der Waals surface area contributed by atoms with E-state index in [0.29, 0.717) is 18.5 Å². The first-order valence-corrected chi connectivity index (χ1v) is 9.61. The first-order valence-electron chi connectivity index (χ1n) is 9.61. The molecule has 0 radical (unpaired) electrons. The predicted molar refractivity (Wildman–Crippen MR) is 99.2 cm³/mol. The fourth-order valence-electron chi connectivity index (χ4n) is 3.39. The topological polar surface area (TPSA) is 64.6 Å². The minimum atomic E-state index is -0.415. The third kappa shape index (κ3) is 5.80. The van der Waals surface area contributed by atoms with E-state index < -0.39 is 6.10 Å². The second-order valence-corrected chi connectivity index (χ2v) is 7.58. The number of amides is 1. The lowest BCUT2D eigenvalue weighted by atomic mass is 9.96. The number of hydrogen-bond donors (Lipinski definition) is 3. The number of piperidine rings is 1. The van der Waals surface area contributed by atoms with Crippen LogP contribution in [0.4, 0.5) is 0 Å². The van der Waals surface area contributed by atoms with E-state index in [1.165, 1.54) is 0 Å². The summed E-state index contributed by atoms with van der Waals surface area (Å²) in [6, 6.07) is 10.2. The Hall–Kier alpha value is -1.43. The van der Waals surface area contributed by atoms with Crippen LogP contribution in [0.3, 0.4) is 0 Å². The summed E-state index contributed by atoms with van der Waals surface area (Å²) < 4.78 is 0. The van der Waals surface area contributed by atoms with E-state index in [1.54, 1.807) is 0 Å². The number of hydrogen-bond acceptors (Lipinski definition) is 4. The Bertz CT molecular complexity index is 539. The van der Waals surface area contributed by atoms with Gasteiger partial charge in [0, 0.05) is 12.6 Å². The number of rotatable bonds is 8. The standard InChI is InChI=1S/C20H31N3O2/c1-15(20(25)22-18-7-8-18)21-13-16-9-11-23(12-10-16)14-19(24)17-5-3-2-4-6-17/h2-6,15-16,18-19,21,24H,7-14H2,1H3,(H,22,25)/t15-,19-/m1/s1. The summed E-state index contributed by atoms with van der Waals surface area (Å²) >= 11 is 0. The molecule has 5 heteroatoms. The second kappa shape index (κ2) is 8.79. The van der Waals surface area contributed by atoms with Crippen molar-refractivity contribution in [3.05, 3.63) is 35.9 Å². The highest BCUT2D eigenvalue weighted by atomic mass is 16.3. The van der Waals surface area contributed by atoms with Crippen molar-refractivity contribution in [2.75, 3.05) is 26.2 Å². The highest BCUT2D eigenvalue weighted by Gasteiger charge is 2.26. The Labute approximate surface area is 150 Å². The van der Waals surface area contributed by atoms with E-state index in [2.05, 4.69) is 15.5 Å². The van der Waals surface area contributed by atoms with E-state index >= 15 is 0 Å². The number of benzene rings is 1. The number of aliphatic hydroxyl groups is 1. The third-order valence-electron chi connectivity index (χ3n) is 5.35. The Morgan fingerprint density at radius 1 is 1.20 bits per heavy atom. The zero-order valence-electron chi connectivity index (χ0n) is 15.2. The molecule has 0 aromatic heterocycles. The molecular formula is C20H31N3O2. The summed E-state index contributed by atoms with van der Waals surface area (Å²) in [5.74, 6) is 0.743. The SMILES string of the molecule is C[C@@H](NCC1CCN(C[C@@H](O)c2ccccc2)CC1)C(=O)NC1CC1. The van der Waals surface area contributed by atoms with Crippen LogP contribution in [0.15, 0.2) is 30.3 Å². The molecule has 3 N–H and O–H groups in total. The smallest absolute Gasteiger partial charge is 0.237 e. The van der Waals surface area contributed by atoms with Crippen LogP contribution in [-0.4, -0.2) is 54.2 Å². The first-order chi connectivity index (χ1) is 12.1. The maximum atomic E-state index is 12.0. The van der Waals surface area contributed by atoms with Crippen molar-refractivity contribution >= 4 is 5.91 Å². The summed E-state index contributed by atoms with van der Waals surface area (Å²) in [6.07, 6.45) is 4.08. The van der Waals surface area contributed by atoms with Gasteiger partial charge in [-0.2, -0.15) is 0 Å².